The van der Waals surface area contributed by atoms with Gasteiger partial charge in [-0.25, -0.2) is 0 Å². The zero-order chi connectivity index (χ0) is 19.6. The Bertz CT molecular complexity index is 1280. The Labute approximate surface area is 169 Å². The second kappa shape index (κ2) is 7.33. The van der Waals surface area contributed by atoms with Gasteiger partial charge in [0, 0.05) is 17.7 Å². The van der Waals surface area contributed by atoms with Crippen LogP contribution in [0.25, 0.3) is 32.8 Å². The van der Waals surface area contributed by atoms with Gasteiger partial charge in [0.1, 0.15) is 0 Å². The highest BCUT2D eigenvalue weighted by atomic mass is 16.1. The largest absolute Gasteiger partial charge is 0.287 e. The molecule has 1 heterocycles. The first-order valence-corrected chi connectivity index (χ1v) is 9.79. The maximum absolute atomic E-state index is 12.9. The van der Waals surface area contributed by atoms with Crippen molar-refractivity contribution in [2.45, 2.75) is 6.54 Å². The summed E-state index contributed by atoms with van der Waals surface area (Å²) in [5.41, 5.74) is 2.95. The van der Waals surface area contributed by atoms with E-state index in [-0.39, 0.29) is 5.78 Å². The molecule has 0 bridgehead atoms. The lowest BCUT2D eigenvalue weighted by Crippen LogP contribution is -2.39. The van der Waals surface area contributed by atoms with Crippen molar-refractivity contribution in [3.05, 3.63) is 115 Å². The molecule has 0 spiro atoms. The summed E-state index contributed by atoms with van der Waals surface area (Å²) < 4.78 is 2.06. The van der Waals surface area contributed by atoms with Crippen molar-refractivity contribution in [1.29, 1.82) is 0 Å². The van der Waals surface area contributed by atoms with Crippen LogP contribution in [0.3, 0.4) is 0 Å². The van der Waals surface area contributed by atoms with Crippen molar-refractivity contribution in [1.82, 2.24) is 0 Å². The summed E-state index contributed by atoms with van der Waals surface area (Å²) in [4.78, 5) is 12.9. The van der Waals surface area contributed by atoms with Crippen LogP contribution in [0.15, 0.2) is 109 Å². The van der Waals surface area contributed by atoms with Gasteiger partial charge in [0.05, 0.1) is 5.56 Å². The molecule has 0 saturated carbocycles. The van der Waals surface area contributed by atoms with Crippen molar-refractivity contribution in [3.63, 3.8) is 0 Å². The van der Waals surface area contributed by atoms with E-state index in [0.717, 1.165) is 11.3 Å². The van der Waals surface area contributed by atoms with E-state index in [1.807, 2.05) is 48.7 Å². The number of ketones is 1. The molecule has 2 heteroatoms. The van der Waals surface area contributed by atoms with Crippen LogP contribution >= 0.6 is 0 Å². The normalized spacial score (nSPS) is 11.0. The molecule has 0 aliphatic rings. The fourth-order valence-corrected chi connectivity index (χ4v) is 4.00. The summed E-state index contributed by atoms with van der Waals surface area (Å²) in [6.07, 6.45) is 1.99. The number of Topliss-reactive ketones (excluding diaryl/α,β-unsaturated/α-hetero) is 1. The Balaban J connectivity index is 1.73. The van der Waals surface area contributed by atoms with Gasteiger partial charge in [0.15, 0.2) is 6.20 Å². The second-order valence-corrected chi connectivity index (χ2v) is 7.20. The summed E-state index contributed by atoms with van der Waals surface area (Å²) in [5.74, 6) is 0.104. The number of carbonyl (C=O) groups is 1. The summed E-state index contributed by atoms with van der Waals surface area (Å²) in [5, 5.41) is 4.79. The van der Waals surface area contributed by atoms with Gasteiger partial charge in [-0.05, 0) is 33.7 Å². The molecule has 0 saturated heterocycles. The minimum atomic E-state index is 0.104. The van der Waals surface area contributed by atoms with Crippen LogP contribution in [0, 0.1) is 0 Å². The Kier molecular flexibility index (Phi) is 4.38. The van der Waals surface area contributed by atoms with Crippen LogP contribution in [-0.4, -0.2) is 5.78 Å². The van der Waals surface area contributed by atoms with Gasteiger partial charge in [0.25, 0.3) is 0 Å². The lowest BCUT2D eigenvalue weighted by Gasteiger charge is -2.11. The number of nitrogens with zero attached hydrogens (tertiary/aromatic N) is 1. The first kappa shape index (κ1) is 17.3. The van der Waals surface area contributed by atoms with E-state index in [1.54, 1.807) is 0 Å². The number of hydrogen-bond donors (Lipinski definition) is 0. The number of benzene rings is 4. The minimum Gasteiger partial charge on any atom is -0.287 e. The molecule has 0 unspecified atom stereocenters. The van der Waals surface area contributed by atoms with Crippen LogP contribution < -0.4 is 4.57 Å². The molecule has 0 atom stereocenters. The minimum absolute atomic E-state index is 0.104. The van der Waals surface area contributed by atoms with Crippen LogP contribution in [-0.2, 0) is 6.54 Å². The van der Waals surface area contributed by atoms with Gasteiger partial charge in [-0.2, -0.15) is 4.57 Å². The van der Waals surface area contributed by atoms with E-state index in [2.05, 4.69) is 65.2 Å². The Morgan fingerprint density at radius 3 is 1.93 bits per heavy atom. The summed E-state index contributed by atoms with van der Waals surface area (Å²) >= 11 is 0. The quantitative estimate of drug-likeness (QED) is 0.220. The number of aromatic nitrogens is 1. The van der Waals surface area contributed by atoms with Crippen molar-refractivity contribution in [2.24, 2.45) is 0 Å². The summed E-state index contributed by atoms with van der Waals surface area (Å²) in [6.45, 7) is 0.303. The van der Waals surface area contributed by atoms with E-state index in [1.165, 1.54) is 27.1 Å². The van der Waals surface area contributed by atoms with E-state index >= 15 is 0 Å². The molecule has 5 rings (SSSR count). The fraction of sp³-hybridized carbons (Fsp3) is 0.0370. The molecule has 0 radical (unpaired) electrons. The Hall–Kier alpha value is -3.78. The van der Waals surface area contributed by atoms with Crippen LogP contribution in [0.5, 0.6) is 0 Å². The lowest BCUT2D eigenvalue weighted by atomic mass is 9.94. The molecule has 0 amide bonds. The number of hydrogen-bond acceptors (Lipinski definition) is 1. The fourth-order valence-electron chi connectivity index (χ4n) is 4.00. The van der Waals surface area contributed by atoms with Crippen LogP contribution in [0.4, 0.5) is 0 Å². The van der Waals surface area contributed by atoms with Crippen LogP contribution in [0.2, 0.25) is 0 Å². The van der Waals surface area contributed by atoms with Crippen molar-refractivity contribution in [3.8, 4) is 11.3 Å². The lowest BCUT2D eigenvalue weighted by molar-refractivity contribution is -0.672. The van der Waals surface area contributed by atoms with Gasteiger partial charge in [-0.3, -0.25) is 4.79 Å². The van der Waals surface area contributed by atoms with Gasteiger partial charge < -0.3 is 0 Å². The zero-order valence-electron chi connectivity index (χ0n) is 16.0. The molecule has 4 aromatic carbocycles. The SMILES string of the molecule is O=C(C[n+]1ccccc1-c1c2ccccc2cc2ccccc12)c1ccccc1. The molecule has 1 aromatic heterocycles. The topological polar surface area (TPSA) is 20.9 Å². The highest BCUT2D eigenvalue weighted by Crippen LogP contribution is 2.34. The van der Waals surface area contributed by atoms with E-state index in [0.29, 0.717) is 6.54 Å². The predicted octanol–water partition coefficient (Wildman–Crippen LogP) is 5.83. The Morgan fingerprint density at radius 2 is 1.24 bits per heavy atom. The van der Waals surface area contributed by atoms with E-state index < -0.39 is 0 Å². The average Bonchev–Trinajstić information content (AvgIpc) is 2.78. The Morgan fingerprint density at radius 1 is 0.655 bits per heavy atom. The zero-order valence-corrected chi connectivity index (χ0v) is 16.0. The molecule has 138 valence electrons. The standard InChI is InChI=1S/C27H20NO/c29-26(20-10-2-1-3-11-20)19-28-17-9-8-16-25(28)27-23-14-6-4-12-21(23)18-22-13-5-7-15-24(22)27/h1-18H,19H2/q+1. The summed E-state index contributed by atoms with van der Waals surface area (Å²) in [7, 11) is 0. The third-order valence-electron chi connectivity index (χ3n) is 5.38. The van der Waals surface area contributed by atoms with Gasteiger partial charge in [0.2, 0.25) is 18.0 Å². The van der Waals surface area contributed by atoms with Crippen LogP contribution in [0.1, 0.15) is 10.4 Å². The molecule has 2 nitrogen and oxygen atoms in total. The maximum Gasteiger partial charge on any atom is 0.227 e. The third kappa shape index (κ3) is 3.19. The number of fused-ring (bicyclic) bond motifs is 2. The predicted molar refractivity (Wildman–Crippen MR) is 118 cm³/mol. The molecule has 5 aromatic rings. The molecular formula is C27H20NO+. The number of carbonyl (C=O) groups excluding carboxylic acids is 1. The molecule has 0 N–H and O–H groups in total. The number of pyridine rings is 1. The van der Waals surface area contributed by atoms with E-state index in [4.69, 9.17) is 0 Å². The maximum atomic E-state index is 12.9. The smallest absolute Gasteiger partial charge is 0.227 e. The van der Waals surface area contributed by atoms with Crippen molar-refractivity contribution >= 4 is 27.3 Å². The second-order valence-electron chi connectivity index (χ2n) is 7.20. The molecule has 0 fully saturated rings. The molecule has 0 aliphatic carbocycles. The highest BCUT2D eigenvalue weighted by Gasteiger charge is 2.21. The first-order valence-electron chi connectivity index (χ1n) is 9.79. The summed E-state index contributed by atoms with van der Waals surface area (Å²) in [6, 6.07) is 34.7. The monoisotopic (exact) mass is 374 g/mol. The number of rotatable bonds is 4. The first-order chi connectivity index (χ1) is 14.3. The highest BCUT2D eigenvalue weighted by molar-refractivity contribution is 6.11. The molecule has 29 heavy (non-hydrogen) atoms. The van der Waals surface area contributed by atoms with Gasteiger partial charge in [-0.15, -0.1) is 0 Å². The van der Waals surface area contributed by atoms with E-state index in [9.17, 15) is 4.79 Å². The van der Waals surface area contributed by atoms with Gasteiger partial charge in [-0.1, -0.05) is 78.9 Å². The molecule has 0 aliphatic heterocycles. The average molecular weight is 374 g/mol. The van der Waals surface area contributed by atoms with Gasteiger partial charge >= 0.3 is 0 Å². The molecular weight excluding hydrogens is 354 g/mol. The van der Waals surface area contributed by atoms with Crippen molar-refractivity contribution in [2.75, 3.05) is 0 Å². The third-order valence-corrected chi connectivity index (χ3v) is 5.38. The van der Waals surface area contributed by atoms with Crippen molar-refractivity contribution < 1.29 is 9.36 Å².